The fraction of sp³-hybridized carbons (Fsp3) is 0.462. The molecule has 0 heterocycles. The molecule has 1 aromatic rings. The Hall–Kier alpha value is -1.65. The normalized spacial score (nSPS) is 15.7. The molecule has 2 rings (SSSR count). The van der Waals surface area contributed by atoms with E-state index in [1.165, 1.54) is 12.1 Å². The van der Waals surface area contributed by atoms with Gasteiger partial charge in [0.25, 0.3) is 0 Å². The molecule has 1 aliphatic rings. The average Bonchev–Trinajstić information content (AvgIpc) is 2.87. The van der Waals surface area contributed by atoms with E-state index in [-0.39, 0.29) is 17.3 Å². The quantitative estimate of drug-likeness (QED) is 0.843. The van der Waals surface area contributed by atoms with Crippen molar-refractivity contribution < 1.29 is 18.3 Å². The second-order valence-corrected chi connectivity index (χ2v) is 4.41. The van der Waals surface area contributed by atoms with Crippen LogP contribution in [0.25, 0.3) is 0 Å². The number of carbonyl (C=O) groups excluding carboxylic acids is 1. The van der Waals surface area contributed by atoms with Gasteiger partial charge < -0.3 is 10.1 Å². The molecule has 1 fully saturated rings. The second kappa shape index (κ2) is 5.33. The Labute approximate surface area is 104 Å². The zero-order chi connectivity index (χ0) is 13.1. The number of halogens is 2. The molecule has 1 saturated carbocycles. The van der Waals surface area contributed by atoms with Gasteiger partial charge in [0, 0.05) is 6.04 Å². The molecule has 3 nitrogen and oxygen atoms in total. The van der Waals surface area contributed by atoms with Crippen molar-refractivity contribution >= 4 is 11.7 Å². The SMILES string of the molecule is COC(=O)c1ccc(NC2CCCC2)c(F)c1F. The van der Waals surface area contributed by atoms with Crippen LogP contribution in [0.15, 0.2) is 12.1 Å². The van der Waals surface area contributed by atoms with E-state index in [1.807, 2.05) is 0 Å². The number of rotatable bonds is 3. The Kier molecular flexibility index (Phi) is 3.79. The molecule has 0 unspecified atom stereocenters. The van der Waals surface area contributed by atoms with E-state index in [4.69, 9.17) is 0 Å². The first-order valence-corrected chi connectivity index (χ1v) is 5.96. The molecule has 0 bridgehead atoms. The van der Waals surface area contributed by atoms with Crippen molar-refractivity contribution in [3.8, 4) is 0 Å². The van der Waals surface area contributed by atoms with Gasteiger partial charge in [-0.3, -0.25) is 0 Å². The van der Waals surface area contributed by atoms with E-state index in [9.17, 15) is 13.6 Å². The summed E-state index contributed by atoms with van der Waals surface area (Å²) in [6, 6.07) is 2.80. The van der Waals surface area contributed by atoms with Crippen molar-refractivity contribution in [3.05, 3.63) is 29.3 Å². The lowest BCUT2D eigenvalue weighted by molar-refractivity contribution is 0.0594. The Morgan fingerprint density at radius 2 is 1.94 bits per heavy atom. The number of methoxy groups -OCH3 is 1. The van der Waals surface area contributed by atoms with Crippen LogP contribution >= 0.6 is 0 Å². The summed E-state index contributed by atoms with van der Waals surface area (Å²) in [4.78, 5) is 11.2. The molecule has 0 spiro atoms. The number of benzene rings is 1. The molecular formula is C13H15F2NO2. The van der Waals surface area contributed by atoms with E-state index < -0.39 is 17.6 Å². The first kappa shape index (κ1) is 12.8. The van der Waals surface area contributed by atoms with Crippen LogP contribution in [0, 0.1) is 11.6 Å². The van der Waals surface area contributed by atoms with E-state index in [0.717, 1.165) is 32.8 Å². The summed E-state index contributed by atoms with van der Waals surface area (Å²) in [6.07, 6.45) is 4.11. The van der Waals surface area contributed by atoms with Crippen molar-refractivity contribution in [2.24, 2.45) is 0 Å². The van der Waals surface area contributed by atoms with Gasteiger partial charge in [-0.1, -0.05) is 12.8 Å². The minimum Gasteiger partial charge on any atom is -0.465 e. The van der Waals surface area contributed by atoms with Crippen molar-refractivity contribution in [2.45, 2.75) is 31.7 Å². The van der Waals surface area contributed by atoms with Crippen LogP contribution in [0.5, 0.6) is 0 Å². The molecule has 5 heteroatoms. The lowest BCUT2D eigenvalue weighted by atomic mass is 10.1. The van der Waals surface area contributed by atoms with Crippen molar-refractivity contribution in [1.82, 2.24) is 0 Å². The number of ether oxygens (including phenoxy) is 1. The van der Waals surface area contributed by atoms with Crippen molar-refractivity contribution in [1.29, 1.82) is 0 Å². The topological polar surface area (TPSA) is 38.3 Å². The first-order chi connectivity index (χ1) is 8.63. The molecule has 0 amide bonds. The lowest BCUT2D eigenvalue weighted by Gasteiger charge is -2.15. The first-order valence-electron chi connectivity index (χ1n) is 5.96. The van der Waals surface area contributed by atoms with Crippen LogP contribution in [0.3, 0.4) is 0 Å². The van der Waals surface area contributed by atoms with Crippen LogP contribution < -0.4 is 5.32 Å². The highest BCUT2D eigenvalue weighted by atomic mass is 19.2. The van der Waals surface area contributed by atoms with E-state index in [0.29, 0.717) is 0 Å². The van der Waals surface area contributed by atoms with Gasteiger partial charge in [-0.05, 0) is 25.0 Å². The van der Waals surface area contributed by atoms with Gasteiger partial charge in [-0.25, -0.2) is 13.6 Å². The van der Waals surface area contributed by atoms with Gasteiger partial charge in [0.2, 0.25) is 0 Å². The zero-order valence-corrected chi connectivity index (χ0v) is 10.1. The maximum atomic E-state index is 13.8. The van der Waals surface area contributed by atoms with Crippen molar-refractivity contribution in [2.75, 3.05) is 12.4 Å². The minimum atomic E-state index is -1.16. The second-order valence-electron chi connectivity index (χ2n) is 4.41. The summed E-state index contributed by atoms with van der Waals surface area (Å²) in [5.41, 5.74) is -0.279. The van der Waals surface area contributed by atoms with Gasteiger partial charge in [0.05, 0.1) is 18.4 Å². The molecule has 1 aromatic carbocycles. The number of anilines is 1. The lowest BCUT2D eigenvalue weighted by Crippen LogP contribution is -2.17. The molecule has 0 aromatic heterocycles. The smallest absolute Gasteiger partial charge is 0.340 e. The molecule has 1 N–H and O–H groups in total. The predicted octanol–water partition coefficient (Wildman–Crippen LogP) is 3.11. The maximum absolute atomic E-state index is 13.8. The zero-order valence-electron chi connectivity index (χ0n) is 10.1. The average molecular weight is 255 g/mol. The van der Waals surface area contributed by atoms with Crippen LogP contribution in [-0.2, 0) is 4.74 Å². The predicted molar refractivity (Wildman–Crippen MR) is 63.6 cm³/mol. The van der Waals surface area contributed by atoms with E-state index in [2.05, 4.69) is 10.1 Å². The maximum Gasteiger partial charge on any atom is 0.340 e. The Bertz CT molecular complexity index is 457. The molecule has 0 aliphatic heterocycles. The number of hydrogen-bond acceptors (Lipinski definition) is 3. The molecule has 18 heavy (non-hydrogen) atoms. The third-order valence-corrected chi connectivity index (χ3v) is 3.20. The Balaban J connectivity index is 2.22. The Morgan fingerprint density at radius 1 is 1.28 bits per heavy atom. The fourth-order valence-electron chi connectivity index (χ4n) is 2.22. The summed E-state index contributed by atoms with van der Waals surface area (Å²) in [7, 11) is 1.13. The van der Waals surface area contributed by atoms with Gasteiger partial charge in [-0.2, -0.15) is 0 Å². The summed E-state index contributed by atoms with van der Waals surface area (Å²) >= 11 is 0. The monoisotopic (exact) mass is 255 g/mol. The minimum absolute atomic E-state index is 0.104. The summed E-state index contributed by atoms with van der Waals surface area (Å²) in [5, 5.41) is 2.97. The third-order valence-electron chi connectivity index (χ3n) is 3.20. The molecule has 98 valence electrons. The summed E-state index contributed by atoms with van der Waals surface area (Å²) in [5.74, 6) is -3.06. The van der Waals surface area contributed by atoms with Crippen molar-refractivity contribution in [3.63, 3.8) is 0 Å². The third kappa shape index (κ3) is 2.44. The van der Waals surface area contributed by atoms with Crippen LogP contribution in [0.2, 0.25) is 0 Å². The van der Waals surface area contributed by atoms with Gasteiger partial charge in [-0.15, -0.1) is 0 Å². The number of esters is 1. The van der Waals surface area contributed by atoms with Crippen LogP contribution in [-0.4, -0.2) is 19.1 Å². The number of carbonyl (C=O) groups is 1. The van der Waals surface area contributed by atoms with Crippen LogP contribution in [0.4, 0.5) is 14.5 Å². The molecule has 1 aliphatic carbocycles. The van der Waals surface area contributed by atoms with Gasteiger partial charge >= 0.3 is 5.97 Å². The van der Waals surface area contributed by atoms with E-state index >= 15 is 0 Å². The molecular weight excluding hydrogens is 240 g/mol. The largest absolute Gasteiger partial charge is 0.465 e. The van der Waals surface area contributed by atoms with Gasteiger partial charge in [0.1, 0.15) is 0 Å². The van der Waals surface area contributed by atoms with Gasteiger partial charge in [0.15, 0.2) is 11.6 Å². The highest BCUT2D eigenvalue weighted by Gasteiger charge is 2.21. The molecule has 0 atom stereocenters. The Morgan fingerprint density at radius 3 is 2.56 bits per heavy atom. The number of nitrogens with one attached hydrogen (secondary N) is 1. The van der Waals surface area contributed by atoms with E-state index in [1.54, 1.807) is 0 Å². The standard InChI is InChI=1S/C13H15F2NO2/c1-18-13(17)9-6-7-10(12(15)11(9)14)16-8-4-2-3-5-8/h6-8,16H,2-5H2,1H3. The molecule has 0 radical (unpaired) electrons. The number of hydrogen-bond donors (Lipinski definition) is 1. The highest BCUT2D eigenvalue weighted by molar-refractivity contribution is 5.90. The summed E-state index contributed by atoms with van der Waals surface area (Å²) < 4.78 is 31.8. The summed E-state index contributed by atoms with van der Waals surface area (Å²) in [6.45, 7) is 0. The fourth-order valence-corrected chi connectivity index (χ4v) is 2.22. The molecule has 0 saturated heterocycles. The van der Waals surface area contributed by atoms with Crippen LogP contribution in [0.1, 0.15) is 36.0 Å². The highest BCUT2D eigenvalue weighted by Crippen LogP contribution is 2.26.